The zero-order valence-electron chi connectivity index (χ0n) is 14.3. The van der Waals surface area contributed by atoms with Crippen molar-refractivity contribution in [2.75, 3.05) is 32.7 Å². The minimum Gasteiger partial charge on any atom is -0.332 e. The molecular formula is C19H27N2O2S+. The van der Waals surface area contributed by atoms with Gasteiger partial charge in [-0.3, -0.25) is 0 Å². The van der Waals surface area contributed by atoms with Gasteiger partial charge < -0.3 is 4.90 Å². The Morgan fingerprint density at radius 3 is 2.38 bits per heavy atom. The van der Waals surface area contributed by atoms with Crippen molar-refractivity contribution < 1.29 is 13.3 Å². The zero-order chi connectivity index (χ0) is 16.7. The first-order valence-electron chi connectivity index (χ1n) is 9.11. The average molecular weight is 348 g/mol. The van der Waals surface area contributed by atoms with Crippen molar-refractivity contribution >= 4 is 10.0 Å². The molecule has 1 saturated heterocycles. The Morgan fingerprint density at radius 1 is 1.08 bits per heavy atom. The molecule has 1 aromatic carbocycles. The predicted octanol–water partition coefficient (Wildman–Crippen LogP) is 1.10. The molecule has 4 rings (SSSR count). The van der Waals surface area contributed by atoms with Crippen LogP contribution >= 0.6 is 0 Å². The van der Waals surface area contributed by atoms with Gasteiger partial charge in [-0.15, -0.1) is 0 Å². The lowest BCUT2D eigenvalue weighted by Gasteiger charge is -2.33. The van der Waals surface area contributed by atoms with Gasteiger partial charge in [0.25, 0.3) is 0 Å². The summed E-state index contributed by atoms with van der Waals surface area (Å²) in [7, 11) is -3.33. The van der Waals surface area contributed by atoms with Crippen LogP contribution in [0.15, 0.2) is 41.3 Å². The third-order valence-electron chi connectivity index (χ3n) is 6.06. The number of hydrogen-bond acceptors (Lipinski definition) is 2. The van der Waals surface area contributed by atoms with Crippen LogP contribution in [0.2, 0.25) is 0 Å². The molecule has 0 amide bonds. The Bertz CT molecular complexity index is 718. The van der Waals surface area contributed by atoms with E-state index < -0.39 is 10.0 Å². The first kappa shape index (κ1) is 16.3. The second-order valence-corrected chi connectivity index (χ2v) is 9.65. The monoisotopic (exact) mass is 347 g/mol. The molecule has 3 atom stereocenters. The molecule has 1 N–H and O–H groups in total. The van der Waals surface area contributed by atoms with Crippen LogP contribution in [0.25, 0.3) is 0 Å². The van der Waals surface area contributed by atoms with Crippen LogP contribution in [0.3, 0.4) is 0 Å². The number of fused-ring (bicyclic) bond motifs is 2. The smallest absolute Gasteiger partial charge is 0.243 e. The lowest BCUT2D eigenvalue weighted by Crippen LogP contribution is -3.15. The van der Waals surface area contributed by atoms with Crippen molar-refractivity contribution in [3.05, 3.63) is 42.0 Å². The van der Waals surface area contributed by atoms with E-state index in [0.717, 1.165) is 36.4 Å². The van der Waals surface area contributed by atoms with Gasteiger partial charge in [-0.2, -0.15) is 4.31 Å². The van der Waals surface area contributed by atoms with Crippen molar-refractivity contribution in [3.8, 4) is 0 Å². The van der Waals surface area contributed by atoms with Crippen molar-refractivity contribution in [2.24, 2.45) is 17.8 Å². The summed E-state index contributed by atoms with van der Waals surface area (Å²) in [6, 6.07) is 7.20. The van der Waals surface area contributed by atoms with E-state index in [9.17, 15) is 8.42 Å². The quantitative estimate of drug-likeness (QED) is 0.829. The van der Waals surface area contributed by atoms with Gasteiger partial charge in [-0.25, -0.2) is 8.42 Å². The van der Waals surface area contributed by atoms with Crippen LogP contribution in [0.5, 0.6) is 0 Å². The van der Waals surface area contributed by atoms with E-state index in [1.165, 1.54) is 19.4 Å². The fraction of sp³-hybridized carbons (Fsp3) is 0.579. The first-order valence-corrected chi connectivity index (χ1v) is 10.5. The third kappa shape index (κ3) is 3.05. The highest BCUT2D eigenvalue weighted by molar-refractivity contribution is 7.89. The molecule has 1 saturated carbocycles. The molecule has 1 aromatic rings. The number of hydrogen-bond donors (Lipinski definition) is 1. The number of sulfonamides is 1. The van der Waals surface area contributed by atoms with E-state index in [1.54, 1.807) is 21.3 Å². The highest BCUT2D eigenvalue weighted by Crippen LogP contribution is 2.42. The minimum absolute atomic E-state index is 0.426. The Kier molecular flexibility index (Phi) is 4.27. The maximum Gasteiger partial charge on any atom is 0.243 e. The zero-order valence-corrected chi connectivity index (χ0v) is 15.1. The molecule has 0 unspecified atom stereocenters. The summed E-state index contributed by atoms with van der Waals surface area (Å²) < 4.78 is 27.2. The van der Waals surface area contributed by atoms with E-state index in [-0.39, 0.29) is 0 Å². The number of rotatable bonds is 4. The minimum atomic E-state index is -3.33. The number of nitrogens with one attached hydrogen (secondary N) is 1. The number of allylic oxidation sites excluding steroid dienone is 2. The van der Waals surface area contributed by atoms with Gasteiger partial charge >= 0.3 is 0 Å². The molecule has 0 spiro atoms. The topological polar surface area (TPSA) is 41.8 Å². The Morgan fingerprint density at radius 2 is 1.79 bits per heavy atom. The van der Waals surface area contributed by atoms with Crippen LogP contribution in [0.4, 0.5) is 0 Å². The number of piperazine rings is 1. The first-order chi connectivity index (χ1) is 11.5. The highest BCUT2D eigenvalue weighted by atomic mass is 32.2. The lowest BCUT2D eigenvalue weighted by molar-refractivity contribution is -0.907. The highest BCUT2D eigenvalue weighted by Gasteiger charge is 2.39. The summed E-state index contributed by atoms with van der Waals surface area (Å²) in [5.74, 6) is 2.43. The van der Waals surface area contributed by atoms with Gasteiger partial charge in [-0.1, -0.05) is 29.8 Å². The molecule has 0 aromatic heterocycles. The maximum absolute atomic E-state index is 12.8. The van der Waals surface area contributed by atoms with Crippen LogP contribution in [-0.2, 0) is 10.0 Å². The molecule has 2 aliphatic carbocycles. The SMILES string of the molecule is Cc1ccc(S(=O)(=O)N2CC[NH+](C[C@H]3C[C@@H]4C=C[C@H]3C4)CC2)cc1. The summed E-state index contributed by atoms with van der Waals surface area (Å²) in [5.41, 5.74) is 1.09. The standard InChI is InChI=1S/C19H26N2O2S/c1-15-2-6-19(7-3-15)24(22,23)21-10-8-20(9-11-21)14-18-13-16-4-5-17(18)12-16/h2-7,16-18H,8-14H2,1H3/p+1/t16-,17+,18-/m1/s1. The molecule has 2 bridgehead atoms. The normalized spacial score (nSPS) is 31.0. The Hall–Kier alpha value is -1.17. The van der Waals surface area contributed by atoms with E-state index in [4.69, 9.17) is 0 Å². The van der Waals surface area contributed by atoms with Crippen LogP contribution in [-0.4, -0.2) is 45.4 Å². The Balaban J connectivity index is 1.35. The largest absolute Gasteiger partial charge is 0.332 e. The number of nitrogens with zero attached hydrogens (tertiary/aromatic N) is 1. The van der Waals surface area contributed by atoms with Crippen molar-refractivity contribution in [3.63, 3.8) is 0 Å². The molecule has 4 nitrogen and oxygen atoms in total. The molecule has 24 heavy (non-hydrogen) atoms. The maximum atomic E-state index is 12.8. The second-order valence-electron chi connectivity index (χ2n) is 7.71. The summed E-state index contributed by atoms with van der Waals surface area (Å²) in [6.45, 7) is 6.34. The molecule has 3 aliphatic rings. The van der Waals surface area contributed by atoms with Gasteiger partial charge in [0.2, 0.25) is 10.0 Å². The van der Waals surface area contributed by atoms with Crippen LogP contribution < -0.4 is 4.90 Å². The van der Waals surface area contributed by atoms with Crippen molar-refractivity contribution in [1.29, 1.82) is 0 Å². The van der Waals surface area contributed by atoms with E-state index in [0.29, 0.717) is 18.0 Å². The molecule has 1 aliphatic heterocycles. The molecule has 0 radical (unpaired) electrons. The molecule has 1 heterocycles. The van der Waals surface area contributed by atoms with Gasteiger partial charge in [0, 0.05) is 5.92 Å². The summed E-state index contributed by atoms with van der Waals surface area (Å²) in [5, 5.41) is 0. The molecule has 130 valence electrons. The lowest BCUT2D eigenvalue weighted by atomic mass is 9.93. The van der Waals surface area contributed by atoms with E-state index in [1.807, 2.05) is 19.1 Å². The van der Waals surface area contributed by atoms with E-state index >= 15 is 0 Å². The molecular weight excluding hydrogens is 320 g/mol. The van der Waals surface area contributed by atoms with Gasteiger partial charge in [0.15, 0.2) is 0 Å². The van der Waals surface area contributed by atoms with Gasteiger partial charge in [0.1, 0.15) is 0 Å². The number of quaternary nitrogens is 1. The molecule has 5 heteroatoms. The van der Waals surface area contributed by atoms with Gasteiger partial charge in [-0.05, 0) is 43.7 Å². The molecule has 2 fully saturated rings. The summed E-state index contributed by atoms with van der Waals surface area (Å²) in [6.07, 6.45) is 7.50. The average Bonchev–Trinajstić information content (AvgIpc) is 3.19. The van der Waals surface area contributed by atoms with Crippen molar-refractivity contribution in [1.82, 2.24) is 4.31 Å². The summed E-state index contributed by atoms with van der Waals surface area (Å²) in [4.78, 5) is 2.01. The van der Waals surface area contributed by atoms with Crippen molar-refractivity contribution in [2.45, 2.75) is 24.7 Å². The third-order valence-corrected chi connectivity index (χ3v) is 7.97. The fourth-order valence-electron chi connectivity index (χ4n) is 4.61. The summed E-state index contributed by atoms with van der Waals surface area (Å²) >= 11 is 0. The fourth-order valence-corrected chi connectivity index (χ4v) is 6.05. The number of benzene rings is 1. The Labute approximate surface area is 145 Å². The second kappa shape index (κ2) is 6.28. The predicted molar refractivity (Wildman–Crippen MR) is 94.3 cm³/mol. The number of aryl methyl sites for hydroxylation is 1. The van der Waals surface area contributed by atoms with E-state index in [2.05, 4.69) is 12.2 Å². The van der Waals surface area contributed by atoms with Crippen LogP contribution in [0.1, 0.15) is 18.4 Å². The van der Waals surface area contributed by atoms with Crippen LogP contribution in [0, 0.1) is 24.7 Å². The van der Waals surface area contributed by atoms with Gasteiger partial charge in [0.05, 0.1) is 37.6 Å².